The third kappa shape index (κ3) is 4.00. The smallest absolute Gasteiger partial charge is 0.185 e. The van der Waals surface area contributed by atoms with Crippen molar-refractivity contribution < 1.29 is 14.3 Å². The molecule has 3 nitrogen and oxygen atoms in total. The number of hydrogen-bond donors (Lipinski definition) is 0. The van der Waals surface area contributed by atoms with E-state index in [1.807, 2.05) is 24.3 Å². The van der Waals surface area contributed by atoms with Crippen molar-refractivity contribution in [3.63, 3.8) is 0 Å². The zero-order valence-electron chi connectivity index (χ0n) is 12.3. The van der Waals surface area contributed by atoms with Gasteiger partial charge in [0, 0.05) is 5.56 Å². The van der Waals surface area contributed by atoms with E-state index in [-0.39, 0.29) is 12.4 Å². The lowest BCUT2D eigenvalue weighted by Crippen LogP contribution is -1.97. The topological polar surface area (TPSA) is 35.5 Å². The second-order valence-electron chi connectivity index (χ2n) is 4.47. The van der Waals surface area contributed by atoms with Crippen LogP contribution in [0.2, 0.25) is 0 Å². The van der Waals surface area contributed by atoms with Crippen molar-refractivity contribution in [2.75, 3.05) is 13.7 Å². The maximum absolute atomic E-state index is 12.0. The molecule has 0 aliphatic carbocycles. The molecule has 22 heavy (non-hydrogen) atoms. The average molecular weight is 292 g/mol. The second-order valence-corrected chi connectivity index (χ2v) is 4.47. The van der Waals surface area contributed by atoms with E-state index in [0.717, 1.165) is 5.56 Å². The van der Waals surface area contributed by atoms with E-state index in [4.69, 9.17) is 15.9 Å². The molecule has 3 heteroatoms. The Hall–Kier alpha value is -2.99. The van der Waals surface area contributed by atoms with E-state index in [9.17, 15) is 4.79 Å². The predicted octanol–water partition coefficient (Wildman–Crippen LogP) is 3.60. The van der Waals surface area contributed by atoms with E-state index in [1.165, 1.54) is 6.08 Å². The standard InChI is InChI=1S/C19H16O3/c1-3-13-22-18-12-10-15(14-19(18)21-2)9-11-17(20)16-7-5-4-6-8-16/h1,4-12,14H,13H2,2H3. The third-order valence-corrected chi connectivity index (χ3v) is 2.98. The highest BCUT2D eigenvalue weighted by Gasteiger charge is 2.05. The van der Waals surface area contributed by atoms with Crippen LogP contribution in [-0.2, 0) is 0 Å². The zero-order valence-corrected chi connectivity index (χ0v) is 12.3. The summed E-state index contributed by atoms with van der Waals surface area (Å²) in [6.07, 6.45) is 8.44. The number of terminal acetylenes is 1. The molecule has 2 aromatic carbocycles. The highest BCUT2D eigenvalue weighted by Crippen LogP contribution is 2.28. The Balaban J connectivity index is 2.14. The number of ether oxygens (including phenoxy) is 2. The summed E-state index contributed by atoms with van der Waals surface area (Å²) in [6.45, 7) is 0.179. The normalized spacial score (nSPS) is 10.2. The molecule has 0 aromatic heterocycles. The van der Waals surface area contributed by atoms with Crippen LogP contribution >= 0.6 is 0 Å². The molecule has 2 aromatic rings. The predicted molar refractivity (Wildman–Crippen MR) is 87.1 cm³/mol. The second kappa shape index (κ2) is 7.70. The van der Waals surface area contributed by atoms with Crippen LogP contribution in [0.15, 0.2) is 54.6 Å². The summed E-state index contributed by atoms with van der Waals surface area (Å²) in [6, 6.07) is 14.5. The molecule has 2 rings (SSSR count). The van der Waals surface area contributed by atoms with Gasteiger partial charge in [0.05, 0.1) is 7.11 Å². The zero-order chi connectivity index (χ0) is 15.8. The lowest BCUT2D eigenvalue weighted by atomic mass is 10.1. The molecule has 110 valence electrons. The molecule has 0 heterocycles. The summed E-state index contributed by atoms with van der Waals surface area (Å²) in [5, 5.41) is 0. The molecule has 0 aliphatic rings. The van der Waals surface area contributed by atoms with Gasteiger partial charge in [-0.15, -0.1) is 6.42 Å². The average Bonchev–Trinajstić information content (AvgIpc) is 2.58. The fraction of sp³-hybridized carbons (Fsp3) is 0.105. The van der Waals surface area contributed by atoms with E-state index in [2.05, 4.69) is 5.92 Å². The van der Waals surface area contributed by atoms with Gasteiger partial charge in [-0.2, -0.15) is 0 Å². The molecule has 0 bridgehead atoms. The van der Waals surface area contributed by atoms with E-state index >= 15 is 0 Å². The highest BCUT2D eigenvalue weighted by molar-refractivity contribution is 6.06. The molecule has 0 saturated heterocycles. The Morgan fingerprint density at radius 1 is 1.18 bits per heavy atom. The monoisotopic (exact) mass is 292 g/mol. The SMILES string of the molecule is C#CCOc1ccc(C=CC(=O)c2ccccc2)cc1OC. The number of benzene rings is 2. The molecule has 0 N–H and O–H groups in total. The molecular weight excluding hydrogens is 276 g/mol. The van der Waals surface area contributed by atoms with Crippen molar-refractivity contribution in [2.45, 2.75) is 0 Å². The van der Waals surface area contributed by atoms with Crippen molar-refractivity contribution in [3.8, 4) is 23.8 Å². The summed E-state index contributed by atoms with van der Waals surface area (Å²) in [5.41, 5.74) is 1.49. The molecular formula is C19H16O3. The number of methoxy groups -OCH3 is 1. The fourth-order valence-electron chi connectivity index (χ4n) is 1.90. The summed E-state index contributed by atoms with van der Waals surface area (Å²) >= 11 is 0. The number of rotatable bonds is 6. The Kier molecular flexibility index (Phi) is 5.39. The van der Waals surface area contributed by atoms with Crippen LogP contribution in [0, 0.1) is 12.3 Å². The molecule has 0 saturated carbocycles. The Bertz CT molecular complexity index is 709. The first-order chi connectivity index (χ1) is 10.7. The first-order valence-electron chi connectivity index (χ1n) is 6.76. The van der Waals surface area contributed by atoms with Gasteiger partial charge in [0.2, 0.25) is 0 Å². The lowest BCUT2D eigenvalue weighted by Gasteiger charge is -2.09. The summed E-state index contributed by atoms with van der Waals surface area (Å²) in [7, 11) is 1.56. The maximum atomic E-state index is 12.0. The quantitative estimate of drug-likeness (QED) is 0.463. The van der Waals surface area contributed by atoms with Crippen molar-refractivity contribution in [3.05, 3.63) is 65.7 Å². The molecule has 0 fully saturated rings. The number of carbonyl (C=O) groups excluding carboxylic acids is 1. The minimum absolute atomic E-state index is 0.0489. The van der Waals surface area contributed by atoms with E-state index in [0.29, 0.717) is 17.1 Å². The fourth-order valence-corrected chi connectivity index (χ4v) is 1.90. The lowest BCUT2D eigenvalue weighted by molar-refractivity contribution is 0.104. The van der Waals surface area contributed by atoms with Crippen molar-refractivity contribution >= 4 is 11.9 Å². The maximum Gasteiger partial charge on any atom is 0.185 e. The van der Waals surface area contributed by atoms with Crippen LogP contribution in [-0.4, -0.2) is 19.5 Å². The largest absolute Gasteiger partial charge is 0.493 e. The highest BCUT2D eigenvalue weighted by atomic mass is 16.5. The Labute approximate surface area is 130 Å². The van der Waals surface area contributed by atoms with Crippen LogP contribution in [0.3, 0.4) is 0 Å². The number of allylic oxidation sites excluding steroid dienone is 1. The van der Waals surface area contributed by atoms with E-state index < -0.39 is 0 Å². The first kappa shape index (κ1) is 15.4. The van der Waals surface area contributed by atoms with E-state index in [1.54, 1.807) is 37.5 Å². The van der Waals surface area contributed by atoms with Crippen molar-refractivity contribution in [1.29, 1.82) is 0 Å². The van der Waals surface area contributed by atoms with Gasteiger partial charge in [-0.05, 0) is 23.8 Å². The van der Waals surface area contributed by atoms with Gasteiger partial charge in [0.15, 0.2) is 17.3 Å². The minimum atomic E-state index is -0.0489. The van der Waals surface area contributed by atoms with Gasteiger partial charge in [-0.25, -0.2) is 0 Å². The summed E-state index contributed by atoms with van der Waals surface area (Å²) in [5.74, 6) is 3.50. The van der Waals surface area contributed by atoms with Gasteiger partial charge in [0.1, 0.15) is 6.61 Å². The molecule has 0 unspecified atom stereocenters. The minimum Gasteiger partial charge on any atom is -0.493 e. The summed E-state index contributed by atoms with van der Waals surface area (Å²) < 4.78 is 10.6. The van der Waals surface area contributed by atoms with Crippen molar-refractivity contribution in [1.82, 2.24) is 0 Å². The van der Waals surface area contributed by atoms with Crippen LogP contribution in [0.25, 0.3) is 6.08 Å². The molecule has 0 aliphatic heterocycles. The Morgan fingerprint density at radius 2 is 1.95 bits per heavy atom. The number of ketones is 1. The van der Waals surface area contributed by atoms with Gasteiger partial charge in [-0.3, -0.25) is 4.79 Å². The third-order valence-electron chi connectivity index (χ3n) is 2.98. The van der Waals surface area contributed by atoms with Crippen molar-refractivity contribution in [2.24, 2.45) is 0 Å². The van der Waals surface area contributed by atoms with Crippen LogP contribution in [0.1, 0.15) is 15.9 Å². The molecule has 0 atom stereocenters. The van der Waals surface area contributed by atoms with Crippen LogP contribution in [0.4, 0.5) is 0 Å². The number of hydrogen-bond acceptors (Lipinski definition) is 3. The van der Waals surface area contributed by atoms with Gasteiger partial charge < -0.3 is 9.47 Å². The first-order valence-corrected chi connectivity index (χ1v) is 6.76. The van der Waals surface area contributed by atoms with Crippen LogP contribution in [0.5, 0.6) is 11.5 Å². The Morgan fingerprint density at radius 3 is 2.64 bits per heavy atom. The molecule has 0 amide bonds. The molecule has 0 radical (unpaired) electrons. The molecule has 0 spiro atoms. The number of carbonyl (C=O) groups is 1. The summed E-state index contributed by atoms with van der Waals surface area (Å²) in [4.78, 5) is 12.0. The van der Waals surface area contributed by atoms with Gasteiger partial charge in [0.25, 0.3) is 0 Å². The van der Waals surface area contributed by atoms with Gasteiger partial charge >= 0.3 is 0 Å². The van der Waals surface area contributed by atoms with Crippen LogP contribution < -0.4 is 9.47 Å². The van der Waals surface area contributed by atoms with Gasteiger partial charge in [-0.1, -0.05) is 48.4 Å².